The maximum atomic E-state index is 11.8. The second kappa shape index (κ2) is 3.92. The van der Waals surface area contributed by atoms with E-state index < -0.39 is 0 Å². The molecule has 0 saturated heterocycles. The van der Waals surface area contributed by atoms with Crippen LogP contribution in [0.25, 0.3) is 0 Å². The van der Waals surface area contributed by atoms with Crippen LogP contribution < -0.4 is 11.1 Å². The van der Waals surface area contributed by atoms with Crippen molar-refractivity contribution in [2.75, 3.05) is 5.73 Å². The van der Waals surface area contributed by atoms with Crippen LogP contribution in [0, 0.1) is 0 Å². The van der Waals surface area contributed by atoms with Gasteiger partial charge in [-0.15, -0.1) is 0 Å². The number of carbonyl (C=O) groups excluding carboxylic acids is 1. The monoisotopic (exact) mass is 210 g/mol. The van der Waals surface area contributed by atoms with Crippen molar-refractivity contribution in [2.24, 2.45) is 0 Å². The first-order chi connectivity index (χ1) is 6.79. The molecule has 3 N–H and O–H groups in total. The van der Waals surface area contributed by atoms with Crippen molar-refractivity contribution in [1.82, 2.24) is 14.9 Å². The van der Waals surface area contributed by atoms with Gasteiger partial charge in [-0.3, -0.25) is 4.79 Å². The van der Waals surface area contributed by atoms with Crippen LogP contribution in [0.1, 0.15) is 33.7 Å². The van der Waals surface area contributed by atoms with E-state index in [-0.39, 0.29) is 17.5 Å². The molecule has 1 atom stereocenters. The third-order valence-electron chi connectivity index (χ3n) is 1.95. The fourth-order valence-electron chi connectivity index (χ4n) is 1.17. The molecule has 0 radical (unpaired) electrons. The van der Waals surface area contributed by atoms with Crippen LogP contribution in [0.2, 0.25) is 0 Å². The fraction of sp³-hybridized carbons (Fsp3) is 0.600. The number of aromatic nitrogens is 2. The number of carbonyl (C=O) groups is 1. The number of nitrogens with two attached hydrogens (primary N) is 1. The Hall–Kier alpha value is -1.52. The van der Waals surface area contributed by atoms with E-state index in [9.17, 15) is 4.79 Å². The van der Waals surface area contributed by atoms with Crippen LogP contribution in [0.4, 0.5) is 5.82 Å². The van der Waals surface area contributed by atoms with E-state index in [1.807, 2.05) is 27.7 Å². The third kappa shape index (κ3) is 3.27. The third-order valence-corrected chi connectivity index (χ3v) is 1.95. The zero-order valence-corrected chi connectivity index (χ0v) is 9.61. The summed E-state index contributed by atoms with van der Waals surface area (Å²) in [4.78, 5) is 15.6. The molecule has 1 amide bonds. The number of amides is 1. The van der Waals surface area contributed by atoms with Crippen LogP contribution in [0.5, 0.6) is 0 Å². The first-order valence-corrected chi connectivity index (χ1v) is 4.90. The minimum atomic E-state index is -0.297. The Bertz CT molecular complexity index is 351. The van der Waals surface area contributed by atoms with Gasteiger partial charge < -0.3 is 15.6 Å². The van der Waals surface area contributed by atoms with Gasteiger partial charge in [-0.25, -0.2) is 4.98 Å². The maximum Gasteiger partial charge on any atom is 0.243 e. The zero-order chi connectivity index (χ0) is 11.6. The minimum absolute atomic E-state index is 0.0418. The van der Waals surface area contributed by atoms with Gasteiger partial charge in [0.2, 0.25) is 5.91 Å². The molecule has 0 aromatic carbocycles. The molecule has 5 heteroatoms. The molecular formula is C10H18N4O. The number of hydrogen-bond donors (Lipinski definition) is 2. The topological polar surface area (TPSA) is 72.9 Å². The van der Waals surface area contributed by atoms with Crippen molar-refractivity contribution in [2.45, 2.75) is 39.3 Å². The average molecular weight is 210 g/mol. The lowest BCUT2D eigenvalue weighted by molar-refractivity contribution is -0.125. The van der Waals surface area contributed by atoms with Crippen molar-refractivity contribution >= 4 is 11.7 Å². The smallest absolute Gasteiger partial charge is 0.243 e. The highest BCUT2D eigenvalue weighted by molar-refractivity contribution is 5.80. The highest BCUT2D eigenvalue weighted by Gasteiger charge is 2.20. The number of nitrogens with one attached hydrogen (secondary N) is 1. The molecule has 84 valence electrons. The second-order valence-electron chi connectivity index (χ2n) is 4.66. The molecule has 1 unspecified atom stereocenters. The van der Waals surface area contributed by atoms with Crippen LogP contribution in [0.3, 0.4) is 0 Å². The molecule has 0 aliphatic carbocycles. The Balaban J connectivity index is 2.69. The van der Waals surface area contributed by atoms with Gasteiger partial charge in [-0.1, -0.05) is 0 Å². The molecule has 0 aliphatic rings. The van der Waals surface area contributed by atoms with Gasteiger partial charge in [-0.05, 0) is 27.7 Å². The van der Waals surface area contributed by atoms with Crippen LogP contribution >= 0.6 is 0 Å². The summed E-state index contributed by atoms with van der Waals surface area (Å²) in [7, 11) is 0. The molecule has 0 spiro atoms. The lowest BCUT2D eigenvalue weighted by atomic mass is 10.1. The molecular weight excluding hydrogens is 192 g/mol. The minimum Gasteiger partial charge on any atom is -0.382 e. The number of nitrogen functional groups attached to an aromatic ring is 1. The van der Waals surface area contributed by atoms with Gasteiger partial charge in [-0.2, -0.15) is 0 Å². The average Bonchev–Trinajstić information content (AvgIpc) is 2.47. The molecule has 5 nitrogen and oxygen atoms in total. The largest absolute Gasteiger partial charge is 0.382 e. The van der Waals surface area contributed by atoms with Gasteiger partial charge in [0.15, 0.2) is 0 Å². The van der Waals surface area contributed by atoms with E-state index in [0.717, 1.165) is 0 Å². The van der Waals surface area contributed by atoms with Crippen molar-refractivity contribution in [3.05, 3.63) is 12.5 Å². The highest BCUT2D eigenvalue weighted by atomic mass is 16.2. The molecule has 1 heterocycles. The van der Waals surface area contributed by atoms with Gasteiger partial charge in [0.1, 0.15) is 11.9 Å². The molecule has 15 heavy (non-hydrogen) atoms. The van der Waals surface area contributed by atoms with E-state index >= 15 is 0 Å². The van der Waals surface area contributed by atoms with E-state index in [1.54, 1.807) is 17.1 Å². The summed E-state index contributed by atoms with van der Waals surface area (Å²) >= 11 is 0. The second-order valence-corrected chi connectivity index (χ2v) is 4.66. The van der Waals surface area contributed by atoms with Crippen molar-refractivity contribution in [3.63, 3.8) is 0 Å². The van der Waals surface area contributed by atoms with E-state index in [0.29, 0.717) is 5.82 Å². The predicted molar refractivity (Wildman–Crippen MR) is 59.2 cm³/mol. The number of anilines is 1. The summed E-state index contributed by atoms with van der Waals surface area (Å²) in [5, 5.41) is 2.90. The molecule has 1 aromatic rings. The molecule has 1 aromatic heterocycles. The number of nitrogens with zero attached hydrogens (tertiary/aromatic N) is 2. The van der Waals surface area contributed by atoms with Crippen LogP contribution in [-0.2, 0) is 4.79 Å². The first-order valence-electron chi connectivity index (χ1n) is 4.90. The van der Waals surface area contributed by atoms with Gasteiger partial charge in [0, 0.05) is 11.7 Å². The van der Waals surface area contributed by atoms with E-state index in [4.69, 9.17) is 5.73 Å². The fourth-order valence-corrected chi connectivity index (χ4v) is 1.17. The Morgan fingerprint density at radius 3 is 2.60 bits per heavy atom. The quantitative estimate of drug-likeness (QED) is 0.763. The van der Waals surface area contributed by atoms with Gasteiger partial charge in [0.25, 0.3) is 0 Å². The van der Waals surface area contributed by atoms with Crippen molar-refractivity contribution < 1.29 is 4.79 Å². The standard InChI is InChI=1S/C10H18N4O/c1-7(9(15)13-10(2,3)4)14-5-8(11)12-6-14/h5-7H,11H2,1-4H3,(H,13,15). The molecule has 1 rings (SSSR count). The van der Waals surface area contributed by atoms with Crippen molar-refractivity contribution in [1.29, 1.82) is 0 Å². The summed E-state index contributed by atoms with van der Waals surface area (Å²) < 4.78 is 1.69. The Labute approximate surface area is 89.7 Å². The number of rotatable bonds is 2. The normalized spacial score (nSPS) is 13.6. The summed E-state index contributed by atoms with van der Waals surface area (Å²) in [6.45, 7) is 7.64. The first kappa shape index (κ1) is 11.6. The number of hydrogen-bond acceptors (Lipinski definition) is 3. The predicted octanol–water partition coefficient (Wildman–Crippen LogP) is 0.941. The maximum absolute atomic E-state index is 11.8. The summed E-state index contributed by atoms with van der Waals surface area (Å²) in [6.07, 6.45) is 3.20. The van der Waals surface area contributed by atoms with Gasteiger partial charge >= 0.3 is 0 Å². The van der Waals surface area contributed by atoms with Crippen LogP contribution in [-0.4, -0.2) is 21.0 Å². The Morgan fingerprint density at radius 2 is 2.20 bits per heavy atom. The molecule has 0 saturated carbocycles. The zero-order valence-electron chi connectivity index (χ0n) is 9.61. The van der Waals surface area contributed by atoms with Gasteiger partial charge in [0.05, 0.1) is 6.33 Å². The SMILES string of the molecule is CC(C(=O)NC(C)(C)C)n1cnc(N)c1. The highest BCUT2D eigenvalue weighted by Crippen LogP contribution is 2.10. The molecule has 0 bridgehead atoms. The van der Waals surface area contributed by atoms with E-state index in [1.165, 1.54) is 0 Å². The number of imidazole rings is 1. The lowest BCUT2D eigenvalue weighted by Crippen LogP contribution is -2.43. The summed E-state index contributed by atoms with van der Waals surface area (Å²) in [5.41, 5.74) is 5.26. The molecule has 0 aliphatic heterocycles. The van der Waals surface area contributed by atoms with E-state index in [2.05, 4.69) is 10.3 Å². The summed E-state index contributed by atoms with van der Waals surface area (Å²) in [5.74, 6) is 0.380. The Morgan fingerprint density at radius 1 is 1.60 bits per heavy atom. The van der Waals surface area contributed by atoms with Crippen molar-refractivity contribution in [3.8, 4) is 0 Å². The summed E-state index contributed by atoms with van der Waals surface area (Å²) in [6, 6.07) is -0.297. The molecule has 0 fully saturated rings. The Kier molecular flexibility index (Phi) is 3.02. The lowest BCUT2D eigenvalue weighted by Gasteiger charge is -2.23. The van der Waals surface area contributed by atoms with Crippen LogP contribution in [0.15, 0.2) is 12.5 Å².